The molecular weight excluding hydrogens is 1680 g/mol. The summed E-state index contributed by atoms with van der Waals surface area (Å²) in [6, 6.07) is 35.2. The van der Waals surface area contributed by atoms with E-state index >= 15 is 0 Å². The Morgan fingerprint density at radius 1 is 0.565 bits per heavy atom. The standard InChI is InChI=1S/C57H70N4O16S2.C30H43NO13S/c1-35-13-18-43-47(28-35)76-48-32-41(62)17-20-44(48)51(43)42-19-16-40(31-46(42)55(67)68)61-57(78)60-22-8-4-7-21-58-50(63)34-73-27-26-72-24-9-12-39-29-38(15-14-37-10-5-3-6-11-37)30-45(39)54(66)59-23-25-74-56-53(65)36(2)52(64)49(77-56)33-75-79(69,70)71;1-20-27(34)25(18-43-45(37,38)39)44-30(28(20)35)42-13-11-31-29(36)24-17-22(10-9-21-6-3-2-4-7-21)16-23(24)8-5-12-40-14-15-41-19-26(32)33/h3,5-6,9-20,28,31-32,36,38-39,45,49,52-53,55-56,64-65,67-68H,4,7-8,21-27,29-30,33-34H2,1-2H3,(H,58,63)(H,59,66)(H2,60,61,78)(H,69,70,71);2-10,20,22-25,27-28,30,34-35H,11-19H2,1H3,(H,31,36)(H,32,33)(H,37,38,39)/p-2/b12-9?,15-14+;8-5?,10-9+. The molecule has 124 heavy (non-hydrogen) atoms. The number of benzene rings is 5. The van der Waals surface area contributed by atoms with E-state index < -0.39 is 107 Å². The number of allylic oxidation sites excluding steroid dienone is 4. The Kier molecular flexibility index (Phi) is 39.9. The van der Waals surface area contributed by atoms with Gasteiger partial charge in [0.15, 0.2) is 29.4 Å². The topological polar surface area (TPSA) is 507 Å². The van der Waals surface area contributed by atoms with Crippen LogP contribution in [0.1, 0.15) is 87.3 Å². The van der Waals surface area contributed by atoms with Gasteiger partial charge in [0, 0.05) is 83.7 Å². The van der Waals surface area contributed by atoms with Crippen LogP contribution >= 0.6 is 12.2 Å². The van der Waals surface area contributed by atoms with Gasteiger partial charge >= 0.3 is 5.97 Å². The number of carboxylic acids is 1. The molecule has 0 radical (unpaired) electrons. The summed E-state index contributed by atoms with van der Waals surface area (Å²) in [5.41, 5.74) is 6.16. The van der Waals surface area contributed by atoms with E-state index in [1.54, 1.807) is 24.3 Å². The molecule has 10 rings (SSSR count). The number of hydrogen-bond acceptors (Lipinski definition) is 29. The van der Waals surface area contributed by atoms with Crippen LogP contribution in [0.4, 0.5) is 5.69 Å². The molecule has 2 saturated carbocycles. The van der Waals surface area contributed by atoms with Gasteiger partial charge in [-0.1, -0.05) is 141 Å². The summed E-state index contributed by atoms with van der Waals surface area (Å²) in [4.78, 5) is 61.9. The minimum atomic E-state index is -5.04. The predicted molar refractivity (Wildman–Crippen MR) is 456 cm³/mol. The fourth-order valence-electron chi connectivity index (χ4n) is 15.0. The van der Waals surface area contributed by atoms with Gasteiger partial charge < -0.3 is 114 Å². The number of carbonyl (C=O) groups excluding carboxylic acids is 3. The zero-order chi connectivity index (χ0) is 89.3. The number of carboxylic acid groups (broad SMARTS) is 1. The summed E-state index contributed by atoms with van der Waals surface area (Å²) < 4.78 is 124. The number of aliphatic carboxylic acids is 1. The van der Waals surface area contributed by atoms with Gasteiger partial charge in [0.1, 0.15) is 49.0 Å². The lowest BCUT2D eigenvalue weighted by Gasteiger charge is -2.41. The number of aliphatic hydroxyl groups is 6. The second kappa shape index (κ2) is 50.0. The highest BCUT2D eigenvalue weighted by Crippen LogP contribution is 2.44. The lowest BCUT2D eigenvalue weighted by molar-refractivity contribution is -0.285. The third kappa shape index (κ3) is 32.3. The number of thiocarbonyl (C=S) groups is 1. The first-order valence-electron chi connectivity index (χ1n) is 41.0. The number of rotatable bonds is 45. The van der Waals surface area contributed by atoms with Gasteiger partial charge in [-0.3, -0.25) is 27.5 Å². The van der Waals surface area contributed by atoms with E-state index in [4.69, 9.17) is 59.6 Å². The summed E-state index contributed by atoms with van der Waals surface area (Å²) >= 11 is 5.53. The van der Waals surface area contributed by atoms with Crippen LogP contribution in [0.2, 0.25) is 0 Å². The van der Waals surface area contributed by atoms with Gasteiger partial charge in [0.05, 0.1) is 78.3 Å². The molecule has 12 N–H and O–H groups in total. The van der Waals surface area contributed by atoms with E-state index in [0.29, 0.717) is 64.8 Å². The molecule has 4 fully saturated rings. The van der Waals surface area contributed by atoms with Crippen LogP contribution in [0.5, 0.6) is 0 Å². The van der Waals surface area contributed by atoms with Gasteiger partial charge in [-0.2, -0.15) is 0 Å². The zero-order valence-corrected chi connectivity index (χ0v) is 71.5. The van der Waals surface area contributed by atoms with E-state index in [-0.39, 0.29) is 143 Å². The molecule has 3 aliphatic carbocycles. The van der Waals surface area contributed by atoms with Crippen LogP contribution in [-0.2, 0) is 86.2 Å². The highest BCUT2D eigenvalue weighted by Gasteiger charge is 2.45. The summed E-state index contributed by atoms with van der Waals surface area (Å²) in [7, 11) is -10.0. The molecule has 0 aromatic heterocycles. The van der Waals surface area contributed by atoms with E-state index in [1.165, 1.54) is 26.0 Å². The number of nitrogens with one attached hydrogen (secondary N) is 5. The quantitative estimate of drug-likeness (QED) is 0.00410. The SMILES string of the molecule is CC1C(O)C(COS(=O)(=O)[O-])OC(OCCNC(=O)C2CC(/C=C/c3ccccc3)CC2C=CCOCCOCC(=O)O)C1O.Cc1ccc2c(-c3ccc(NC(=S)NCCCCCNC(=O)COCCOCC=CC4CC(/C=C/c5ccccc5)CC4C(=O)NCCOC4OC(COS(=O)(=O)[O-])C(O)C(C)C4O)cc3C(O)O)c3ccc(=O)cc-3oc2c1. The second-order valence-corrected chi connectivity index (χ2v) is 33.1. The van der Waals surface area contributed by atoms with Crippen molar-refractivity contribution in [2.24, 2.45) is 47.3 Å². The number of fused-ring (bicyclic) bond motifs is 2. The van der Waals surface area contributed by atoms with Crippen LogP contribution in [0, 0.1) is 54.3 Å². The maximum absolute atomic E-state index is 13.5. The highest BCUT2D eigenvalue weighted by atomic mass is 32.3. The Balaban J connectivity index is 0.000000328. The molecule has 678 valence electrons. The average Bonchev–Trinajstić information content (AvgIpc) is 1.02. The monoisotopic (exact) mass is 1790 g/mol. The summed E-state index contributed by atoms with van der Waals surface area (Å²) in [5.74, 6) is -3.37. The number of aliphatic hydroxyl groups excluding tert-OH is 5. The van der Waals surface area contributed by atoms with E-state index in [0.717, 1.165) is 54.2 Å². The number of amides is 3. The van der Waals surface area contributed by atoms with Crippen molar-refractivity contribution < 1.29 is 132 Å². The van der Waals surface area contributed by atoms with Crippen molar-refractivity contribution in [3.63, 3.8) is 0 Å². The van der Waals surface area contributed by atoms with Crippen LogP contribution in [0.3, 0.4) is 0 Å². The van der Waals surface area contributed by atoms with Gasteiger partial charge in [0.2, 0.25) is 38.5 Å². The smallest absolute Gasteiger partial charge is 0.329 e. The van der Waals surface area contributed by atoms with Gasteiger partial charge in [-0.15, -0.1) is 0 Å². The first kappa shape index (κ1) is 99.1. The first-order chi connectivity index (χ1) is 59.4. The normalized spacial score (nSPS) is 24.3. The largest absolute Gasteiger partial charge is 0.726 e. The molecule has 34 nitrogen and oxygen atoms in total. The number of unbranched alkanes of at least 4 members (excludes halogenated alkanes) is 2. The van der Waals surface area contributed by atoms with Crippen LogP contribution < -0.4 is 32.0 Å². The lowest BCUT2D eigenvalue weighted by Crippen LogP contribution is -2.55. The predicted octanol–water partition coefficient (Wildman–Crippen LogP) is 5.78. The minimum absolute atomic E-state index is 0.0495. The molecule has 0 spiro atoms. The molecule has 37 heteroatoms. The Morgan fingerprint density at radius 2 is 1.06 bits per heavy atom. The molecular formula is C87H111N5O29S3-2. The minimum Gasteiger partial charge on any atom is -0.726 e. The zero-order valence-electron chi connectivity index (χ0n) is 69.0. The van der Waals surface area contributed by atoms with E-state index in [2.05, 4.69) is 47.1 Å². The molecule has 3 amide bonds. The molecule has 16 atom stereocenters. The van der Waals surface area contributed by atoms with Crippen molar-refractivity contribution in [1.82, 2.24) is 21.3 Å². The average molecular weight is 1790 g/mol. The van der Waals surface area contributed by atoms with Crippen molar-refractivity contribution in [1.29, 1.82) is 0 Å². The Labute approximate surface area is 725 Å². The Hall–Kier alpha value is -8.72. The van der Waals surface area contributed by atoms with Crippen molar-refractivity contribution in [3.8, 4) is 22.5 Å². The Morgan fingerprint density at radius 3 is 1.57 bits per heavy atom. The summed E-state index contributed by atoms with van der Waals surface area (Å²) in [6.45, 7) is 5.47. The highest BCUT2D eigenvalue weighted by molar-refractivity contribution is 7.81. The van der Waals surface area contributed by atoms with Crippen molar-refractivity contribution >= 4 is 90.6 Å². The fourth-order valence-corrected chi connectivity index (χ4v) is 15.8. The third-order valence-corrected chi connectivity index (χ3v) is 22.6. The maximum Gasteiger partial charge on any atom is 0.329 e. The van der Waals surface area contributed by atoms with E-state index in [1.807, 2.05) is 122 Å². The van der Waals surface area contributed by atoms with Gasteiger partial charge in [0.25, 0.3) is 0 Å². The van der Waals surface area contributed by atoms with Gasteiger partial charge in [-0.05, 0) is 140 Å². The first-order valence-corrected chi connectivity index (χ1v) is 44.1. The summed E-state index contributed by atoms with van der Waals surface area (Å²) in [6.07, 6.45) is 9.09. The van der Waals surface area contributed by atoms with Crippen molar-refractivity contribution in [2.45, 2.75) is 121 Å². The summed E-state index contributed by atoms with van der Waals surface area (Å²) in [5, 5.41) is 87.4. The molecule has 3 heterocycles. The maximum atomic E-state index is 13.5. The Bertz CT molecular complexity index is 4790. The lowest BCUT2D eigenvalue weighted by atomic mass is 9.90. The van der Waals surface area contributed by atoms with Gasteiger partial charge in [-0.25, -0.2) is 21.6 Å². The number of hydrogen-bond donors (Lipinski definition) is 12. The molecule has 4 aromatic carbocycles. The number of anilines is 1. The molecule has 6 aliphatic rings. The van der Waals surface area contributed by atoms with Crippen LogP contribution in [0.15, 0.2) is 161 Å². The molecule has 2 saturated heterocycles. The van der Waals surface area contributed by atoms with Crippen molar-refractivity contribution in [3.05, 3.63) is 184 Å². The van der Waals surface area contributed by atoms with Crippen LogP contribution in [-0.4, -0.2) is 245 Å². The number of ether oxygens (including phenoxy) is 8. The molecule has 16 unspecified atom stereocenters. The molecule has 4 aromatic rings. The third-order valence-electron chi connectivity index (χ3n) is 21.5. The van der Waals surface area contributed by atoms with Crippen LogP contribution in [0.25, 0.3) is 45.6 Å². The molecule has 3 aliphatic heterocycles. The second-order valence-electron chi connectivity index (χ2n) is 30.6. The van der Waals surface area contributed by atoms with Crippen molar-refractivity contribution in [2.75, 3.05) is 111 Å². The van der Waals surface area contributed by atoms with E-state index in [9.17, 15) is 80.6 Å². The fraction of sp³-hybridized carbons (Fsp3) is 0.494. The number of carbonyl (C=O) groups is 4. The number of aryl methyl sites for hydroxylation is 1. The molecule has 0 bridgehead atoms.